The fraction of sp³-hybridized carbons (Fsp3) is 0.579. The minimum atomic E-state index is 0. The Morgan fingerprint density at radius 3 is 2.76 bits per heavy atom. The van der Waals surface area contributed by atoms with Gasteiger partial charge in [-0.1, -0.05) is 13.3 Å². The van der Waals surface area contributed by atoms with Gasteiger partial charge in [0.15, 0.2) is 5.78 Å². The van der Waals surface area contributed by atoms with E-state index in [4.69, 9.17) is 4.74 Å². The third-order valence-corrected chi connectivity index (χ3v) is 5.06. The van der Waals surface area contributed by atoms with Crippen LogP contribution in [0.25, 0.3) is 0 Å². The predicted octanol–water partition coefficient (Wildman–Crippen LogP) is 3.14. The number of benzene rings is 1. The molecule has 2 aliphatic rings. The summed E-state index contributed by atoms with van der Waals surface area (Å²) in [6.45, 7) is 3.85. The summed E-state index contributed by atoms with van der Waals surface area (Å²) in [5, 5.41) is 6.30. The first-order valence-electron chi connectivity index (χ1n) is 8.93. The predicted molar refractivity (Wildman–Crippen MR) is 101 cm³/mol. The number of halogens is 1. The Morgan fingerprint density at radius 2 is 2.04 bits per heavy atom. The lowest BCUT2D eigenvalue weighted by Crippen LogP contribution is -2.34. The van der Waals surface area contributed by atoms with E-state index in [2.05, 4.69) is 17.6 Å². The number of amides is 1. The van der Waals surface area contributed by atoms with Gasteiger partial charge in [0.25, 0.3) is 0 Å². The number of anilines is 1. The Balaban J connectivity index is 0.00000225. The average Bonchev–Trinajstić information content (AvgIpc) is 2.59. The van der Waals surface area contributed by atoms with E-state index in [0.29, 0.717) is 12.8 Å². The van der Waals surface area contributed by atoms with Crippen LogP contribution >= 0.6 is 12.4 Å². The second-order valence-electron chi connectivity index (χ2n) is 6.66. The van der Waals surface area contributed by atoms with Crippen molar-refractivity contribution in [1.29, 1.82) is 0 Å². The van der Waals surface area contributed by atoms with E-state index < -0.39 is 0 Å². The number of carbonyl (C=O) groups excluding carboxylic acids is 2. The molecular formula is C19H27ClN2O3. The van der Waals surface area contributed by atoms with Gasteiger partial charge in [-0.05, 0) is 37.8 Å². The van der Waals surface area contributed by atoms with Crippen molar-refractivity contribution >= 4 is 29.8 Å². The highest BCUT2D eigenvalue weighted by Crippen LogP contribution is 2.40. The average molecular weight is 367 g/mol. The van der Waals surface area contributed by atoms with E-state index in [1.165, 1.54) is 0 Å². The number of hydrogen-bond donors (Lipinski definition) is 2. The Morgan fingerprint density at radius 1 is 1.24 bits per heavy atom. The SMILES string of the molecule is CCCCNCC1CCc2c(OC)cc3c(c2C1=O)CCC(=O)N3.Cl. The minimum Gasteiger partial charge on any atom is -0.496 e. The van der Waals surface area contributed by atoms with Gasteiger partial charge < -0.3 is 15.4 Å². The monoisotopic (exact) mass is 366 g/mol. The Bertz CT molecular complexity index is 661. The van der Waals surface area contributed by atoms with Crippen molar-refractivity contribution in [3.8, 4) is 5.75 Å². The van der Waals surface area contributed by atoms with Crippen LogP contribution in [0.1, 0.15) is 54.1 Å². The number of carbonyl (C=O) groups is 2. The second kappa shape index (κ2) is 8.68. The van der Waals surface area contributed by atoms with Gasteiger partial charge in [-0.2, -0.15) is 0 Å². The molecule has 1 unspecified atom stereocenters. The zero-order valence-corrected chi connectivity index (χ0v) is 15.8. The molecule has 0 radical (unpaired) electrons. The molecule has 5 nitrogen and oxygen atoms in total. The Kier molecular flexibility index (Phi) is 6.85. The summed E-state index contributed by atoms with van der Waals surface area (Å²) in [6.07, 6.45) is 5.07. The maximum Gasteiger partial charge on any atom is 0.224 e. The number of ketones is 1. The number of ether oxygens (including phenoxy) is 1. The van der Waals surface area contributed by atoms with Gasteiger partial charge in [-0.25, -0.2) is 0 Å². The standard InChI is InChI=1S/C19H26N2O3.ClH/c1-3-4-9-20-11-12-5-6-14-16(24-2)10-15-13(18(14)19(12)23)7-8-17(22)21-15;/h10,12,20H,3-9,11H2,1-2H3,(H,21,22);1H. The lowest BCUT2D eigenvalue weighted by Gasteiger charge is -2.30. The molecule has 1 heterocycles. The molecule has 0 saturated heterocycles. The third-order valence-electron chi connectivity index (χ3n) is 5.06. The molecule has 0 bridgehead atoms. The van der Waals surface area contributed by atoms with Crippen molar-refractivity contribution in [1.82, 2.24) is 5.32 Å². The smallest absolute Gasteiger partial charge is 0.224 e. The summed E-state index contributed by atoms with van der Waals surface area (Å²) in [5.74, 6) is 0.942. The normalized spacial score (nSPS) is 18.7. The van der Waals surface area contributed by atoms with Crippen molar-refractivity contribution in [3.05, 3.63) is 22.8 Å². The van der Waals surface area contributed by atoms with Crippen LogP contribution in [0.3, 0.4) is 0 Å². The quantitative estimate of drug-likeness (QED) is 0.759. The van der Waals surface area contributed by atoms with Gasteiger partial charge in [0.1, 0.15) is 5.75 Å². The maximum absolute atomic E-state index is 13.1. The van der Waals surface area contributed by atoms with Gasteiger partial charge >= 0.3 is 0 Å². The molecule has 1 amide bonds. The molecule has 138 valence electrons. The first kappa shape index (κ1) is 19.7. The molecule has 1 aliphatic carbocycles. The van der Waals surface area contributed by atoms with E-state index in [1.54, 1.807) is 7.11 Å². The highest BCUT2D eigenvalue weighted by Gasteiger charge is 2.34. The highest BCUT2D eigenvalue weighted by atomic mass is 35.5. The van der Waals surface area contributed by atoms with Crippen LogP contribution in [-0.4, -0.2) is 31.9 Å². The number of rotatable bonds is 6. The number of hydrogen-bond acceptors (Lipinski definition) is 4. The lowest BCUT2D eigenvalue weighted by molar-refractivity contribution is -0.116. The van der Waals surface area contributed by atoms with Gasteiger partial charge in [0.2, 0.25) is 5.91 Å². The molecule has 1 aromatic rings. The van der Waals surface area contributed by atoms with Gasteiger partial charge in [0, 0.05) is 41.8 Å². The maximum atomic E-state index is 13.1. The van der Waals surface area contributed by atoms with E-state index >= 15 is 0 Å². The fourth-order valence-electron chi connectivity index (χ4n) is 3.72. The van der Waals surface area contributed by atoms with E-state index in [0.717, 1.165) is 66.9 Å². The molecule has 1 aromatic carbocycles. The molecule has 6 heteroatoms. The molecule has 0 saturated carbocycles. The van der Waals surface area contributed by atoms with Crippen LogP contribution in [0.5, 0.6) is 5.75 Å². The minimum absolute atomic E-state index is 0. The van der Waals surface area contributed by atoms with Gasteiger partial charge in [-0.15, -0.1) is 12.4 Å². The Hall–Kier alpha value is -1.59. The zero-order chi connectivity index (χ0) is 17.1. The number of nitrogens with one attached hydrogen (secondary N) is 2. The lowest BCUT2D eigenvalue weighted by atomic mass is 9.78. The summed E-state index contributed by atoms with van der Waals surface area (Å²) in [4.78, 5) is 24.8. The van der Waals surface area contributed by atoms with Crippen molar-refractivity contribution in [2.75, 3.05) is 25.5 Å². The number of Topliss-reactive ketones (excluding diaryl/α,β-unsaturated/α-hetero) is 1. The largest absolute Gasteiger partial charge is 0.496 e. The summed E-state index contributed by atoms with van der Waals surface area (Å²) in [5.41, 5.74) is 3.56. The molecule has 0 aromatic heterocycles. The first-order valence-corrected chi connectivity index (χ1v) is 8.93. The molecule has 2 N–H and O–H groups in total. The van der Waals surface area contributed by atoms with Crippen molar-refractivity contribution in [3.63, 3.8) is 0 Å². The molecule has 3 rings (SSSR count). The first-order chi connectivity index (χ1) is 11.7. The van der Waals surface area contributed by atoms with Gasteiger partial charge in [0.05, 0.1) is 7.11 Å². The van der Waals surface area contributed by atoms with Crippen LogP contribution in [-0.2, 0) is 17.6 Å². The van der Waals surface area contributed by atoms with Gasteiger partial charge in [-0.3, -0.25) is 9.59 Å². The molecule has 25 heavy (non-hydrogen) atoms. The van der Waals surface area contributed by atoms with Crippen LogP contribution in [0.2, 0.25) is 0 Å². The van der Waals surface area contributed by atoms with Crippen LogP contribution in [0.15, 0.2) is 6.07 Å². The van der Waals surface area contributed by atoms with E-state index in [1.807, 2.05) is 6.07 Å². The van der Waals surface area contributed by atoms with Crippen molar-refractivity contribution in [2.45, 2.75) is 45.4 Å². The van der Waals surface area contributed by atoms with E-state index in [9.17, 15) is 9.59 Å². The molecule has 0 fully saturated rings. The highest BCUT2D eigenvalue weighted by molar-refractivity contribution is 6.06. The summed E-state index contributed by atoms with van der Waals surface area (Å²) < 4.78 is 5.49. The van der Waals surface area contributed by atoms with E-state index in [-0.39, 0.29) is 30.0 Å². The molecule has 0 spiro atoms. The summed E-state index contributed by atoms with van der Waals surface area (Å²) in [7, 11) is 1.62. The molecular weight excluding hydrogens is 340 g/mol. The topological polar surface area (TPSA) is 67.4 Å². The molecule has 1 aliphatic heterocycles. The zero-order valence-electron chi connectivity index (χ0n) is 14.9. The van der Waals surface area contributed by atoms with Crippen LogP contribution in [0.4, 0.5) is 5.69 Å². The van der Waals surface area contributed by atoms with Crippen LogP contribution in [0, 0.1) is 5.92 Å². The van der Waals surface area contributed by atoms with Crippen molar-refractivity contribution in [2.24, 2.45) is 5.92 Å². The van der Waals surface area contributed by atoms with Crippen LogP contribution < -0.4 is 15.4 Å². The second-order valence-corrected chi connectivity index (χ2v) is 6.66. The molecule has 1 atom stereocenters. The Labute approximate surface area is 155 Å². The fourth-order valence-corrected chi connectivity index (χ4v) is 3.72. The number of methoxy groups -OCH3 is 1. The number of unbranched alkanes of at least 4 members (excludes halogenated alkanes) is 1. The summed E-state index contributed by atoms with van der Waals surface area (Å²) in [6, 6.07) is 1.87. The summed E-state index contributed by atoms with van der Waals surface area (Å²) >= 11 is 0. The van der Waals surface area contributed by atoms with Crippen molar-refractivity contribution < 1.29 is 14.3 Å². The number of fused-ring (bicyclic) bond motifs is 3. The third kappa shape index (κ3) is 3.98.